The Kier molecular flexibility index (Phi) is 3.78. The topological polar surface area (TPSA) is 63.8 Å². The highest BCUT2D eigenvalue weighted by molar-refractivity contribution is 14.1. The number of hydrogen-bond acceptors (Lipinski definition) is 4. The van der Waals surface area contributed by atoms with Crippen LogP contribution in [0.15, 0.2) is 30.6 Å². The number of rotatable bonds is 3. The first-order valence-electron chi connectivity index (χ1n) is 5.32. The Labute approximate surface area is 114 Å². The molecule has 0 atom stereocenters. The molecular weight excluding hydrogens is 327 g/mol. The number of nitrogens with two attached hydrogens (primary N) is 1. The second-order valence-electron chi connectivity index (χ2n) is 3.57. The van der Waals surface area contributed by atoms with Crippen LogP contribution in [0.4, 0.5) is 17.3 Å². The summed E-state index contributed by atoms with van der Waals surface area (Å²) in [7, 11) is 0. The van der Waals surface area contributed by atoms with Crippen LogP contribution in [0.2, 0.25) is 0 Å². The van der Waals surface area contributed by atoms with Gasteiger partial charge in [0.15, 0.2) is 0 Å². The van der Waals surface area contributed by atoms with Gasteiger partial charge >= 0.3 is 0 Å². The molecule has 1 heterocycles. The average molecular weight is 340 g/mol. The normalized spacial score (nSPS) is 10.2. The van der Waals surface area contributed by atoms with Gasteiger partial charge in [0.05, 0.1) is 0 Å². The minimum atomic E-state index is 0.538. The third-order valence-electron chi connectivity index (χ3n) is 2.42. The van der Waals surface area contributed by atoms with Gasteiger partial charge in [-0.25, -0.2) is 9.97 Å². The van der Waals surface area contributed by atoms with Gasteiger partial charge in [-0.3, -0.25) is 0 Å². The molecule has 0 amide bonds. The molecule has 3 N–H and O–H groups in total. The number of nitrogen functional groups attached to an aromatic ring is 1. The lowest BCUT2D eigenvalue weighted by molar-refractivity contribution is 1.06. The average Bonchev–Trinajstić information content (AvgIpc) is 2.29. The van der Waals surface area contributed by atoms with Gasteiger partial charge in [-0.05, 0) is 47.2 Å². The molecule has 0 saturated heterocycles. The number of hydrogen-bond donors (Lipinski definition) is 2. The van der Waals surface area contributed by atoms with Gasteiger partial charge in [0.25, 0.3) is 0 Å². The van der Waals surface area contributed by atoms with Crippen molar-refractivity contribution in [3.8, 4) is 0 Å². The third-order valence-corrected chi connectivity index (χ3v) is 3.09. The summed E-state index contributed by atoms with van der Waals surface area (Å²) in [5.74, 6) is 1.32. The summed E-state index contributed by atoms with van der Waals surface area (Å²) in [6, 6.07) is 8.10. The molecule has 2 aromatic rings. The molecule has 2 rings (SSSR count). The first kappa shape index (κ1) is 12.1. The van der Waals surface area contributed by atoms with Crippen molar-refractivity contribution in [2.75, 3.05) is 11.1 Å². The Morgan fingerprint density at radius 3 is 2.88 bits per heavy atom. The Morgan fingerprint density at radius 1 is 1.35 bits per heavy atom. The van der Waals surface area contributed by atoms with Gasteiger partial charge in [-0.15, -0.1) is 0 Å². The Bertz CT molecular complexity index is 528. The van der Waals surface area contributed by atoms with Crippen LogP contribution in [0.25, 0.3) is 0 Å². The first-order chi connectivity index (χ1) is 8.20. The highest BCUT2D eigenvalue weighted by atomic mass is 127. The van der Waals surface area contributed by atoms with E-state index in [9.17, 15) is 0 Å². The second-order valence-corrected chi connectivity index (χ2v) is 4.82. The van der Waals surface area contributed by atoms with Crippen LogP contribution in [-0.2, 0) is 6.42 Å². The van der Waals surface area contributed by atoms with E-state index in [-0.39, 0.29) is 0 Å². The Balaban J connectivity index is 2.33. The highest BCUT2D eigenvalue weighted by Gasteiger charge is 2.07. The predicted molar refractivity (Wildman–Crippen MR) is 78.3 cm³/mol. The number of anilines is 3. The molecule has 0 unspecified atom stereocenters. The molecule has 0 aliphatic carbocycles. The van der Waals surface area contributed by atoms with Crippen LogP contribution >= 0.6 is 22.6 Å². The van der Waals surface area contributed by atoms with Crippen LogP contribution in [0.5, 0.6) is 0 Å². The lowest BCUT2D eigenvalue weighted by Gasteiger charge is -2.11. The van der Waals surface area contributed by atoms with E-state index in [0.29, 0.717) is 5.82 Å². The summed E-state index contributed by atoms with van der Waals surface area (Å²) in [5.41, 5.74) is 7.78. The molecule has 5 heteroatoms. The van der Waals surface area contributed by atoms with Crippen molar-refractivity contribution >= 4 is 39.9 Å². The minimum absolute atomic E-state index is 0.538. The van der Waals surface area contributed by atoms with Crippen molar-refractivity contribution in [3.05, 3.63) is 39.7 Å². The molecule has 1 aromatic heterocycles. The van der Waals surface area contributed by atoms with Gasteiger partial charge in [-0.2, -0.15) is 0 Å². The maximum absolute atomic E-state index is 5.82. The van der Waals surface area contributed by atoms with E-state index in [1.54, 1.807) is 0 Å². The molecular formula is C12H13IN4. The third kappa shape index (κ3) is 2.85. The van der Waals surface area contributed by atoms with Gasteiger partial charge < -0.3 is 11.1 Å². The number of nitrogens with one attached hydrogen (secondary N) is 1. The van der Waals surface area contributed by atoms with E-state index >= 15 is 0 Å². The first-order valence-corrected chi connectivity index (χ1v) is 6.40. The lowest BCUT2D eigenvalue weighted by atomic mass is 10.2. The van der Waals surface area contributed by atoms with Crippen LogP contribution < -0.4 is 11.1 Å². The van der Waals surface area contributed by atoms with E-state index in [4.69, 9.17) is 5.73 Å². The number of nitrogens with zero attached hydrogens (tertiary/aromatic N) is 2. The lowest BCUT2D eigenvalue weighted by Crippen LogP contribution is -2.04. The van der Waals surface area contributed by atoms with Crippen molar-refractivity contribution in [3.63, 3.8) is 0 Å². The van der Waals surface area contributed by atoms with Gasteiger partial charge in [0.1, 0.15) is 18.0 Å². The summed E-state index contributed by atoms with van der Waals surface area (Å²) < 4.78 is 1.17. The quantitative estimate of drug-likeness (QED) is 0.844. The van der Waals surface area contributed by atoms with Crippen LogP contribution in [0, 0.1) is 3.57 Å². The standard InChI is InChI=1S/C12H13IN4/c1-2-10-11(14)15-7-16-12(10)17-9-5-3-4-8(13)6-9/h3-7H,2H2,1H3,(H3,14,15,16,17). The van der Waals surface area contributed by atoms with Crippen LogP contribution in [-0.4, -0.2) is 9.97 Å². The van der Waals surface area contributed by atoms with E-state index < -0.39 is 0 Å². The smallest absolute Gasteiger partial charge is 0.139 e. The molecule has 4 nitrogen and oxygen atoms in total. The number of aromatic nitrogens is 2. The number of benzene rings is 1. The van der Waals surface area contributed by atoms with Gasteiger partial charge in [0, 0.05) is 14.8 Å². The van der Waals surface area contributed by atoms with E-state index in [2.05, 4.69) is 43.9 Å². The zero-order valence-corrected chi connectivity index (χ0v) is 11.6. The molecule has 0 radical (unpaired) electrons. The summed E-state index contributed by atoms with van der Waals surface area (Å²) in [6.07, 6.45) is 2.28. The fourth-order valence-electron chi connectivity index (χ4n) is 1.59. The molecule has 0 saturated carbocycles. The Hall–Kier alpha value is -1.37. The molecule has 88 valence electrons. The largest absolute Gasteiger partial charge is 0.383 e. The highest BCUT2D eigenvalue weighted by Crippen LogP contribution is 2.22. The summed E-state index contributed by atoms with van der Waals surface area (Å²) in [6.45, 7) is 2.04. The molecule has 17 heavy (non-hydrogen) atoms. The van der Waals surface area contributed by atoms with Crippen molar-refractivity contribution in [2.45, 2.75) is 13.3 Å². The summed E-state index contributed by atoms with van der Waals surface area (Å²) in [5, 5.41) is 3.27. The molecule has 0 bridgehead atoms. The minimum Gasteiger partial charge on any atom is -0.383 e. The van der Waals surface area contributed by atoms with Crippen molar-refractivity contribution < 1.29 is 0 Å². The van der Waals surface area contributed by atoms with Crippen molar-refractivity contribution in [1.82, 2.24) is 9.97 Å². The zero-order chi connectivity index (χ0) is 12.3. The second kappa shape index (κ2) is 5.31. The maximum atomic E-state index is 5.82. The SMILES string of the molecule is CCc1c(N)ncnc1Nc1cccc(I)c1. The predicted octanol–water partition coefficient (Wildman–Crippen LogP) is 2.97. The van der Waals surface area contributed by atoms with Crippen LogP contribution in [0.3, 0.4) is 0 Å². The number of halogens is 1. The molecule has 0 fully saturated rings. The van der Waals surface area contributed by atoms with Crippen LogP contribution in [0.1, 0.15) is 12.5 Å². The molecule has 1 aromatic carbocycles. The monoisotopic (exact) mass is 340 g/mol. The van der Waals surface area contributed by atoms with E-state index in [1.165, 1.54) is 9.90 Å². The molecule has 0 aliphatic rings. The summed E-state index contributed by atoms with van der Waals surface area (Å²) in [4.78, 5) is 8.23. The van der Waals surface area contributed by atoms with E-state index in [0.717, 1.165) is 23.5 Å². The summed E-state index contributed by atoms with van der Waals surface area (Å²) >= 11 is 2.28. The zero-order valence-electron chi connectivity index (χ0n) is 9.44. The Morgan fingerprint density at radius 2 is 2.18 bits per heavy atom. The van der Waals surface area contributed by atoms with Gasteiger partial charge in [-0.1, -0.05) is 13.0 Å². The maximum Gasteiger partial charge on any atom is 0.139 e. The van der Waals surface area contributed by atoms with Crippen molar-refractivity contribution in [1.29, 1.82) is 0 Å². The fraction of sp³-hybridized carbons (Fsp3) is 0.167. The van der Waals surface area contributed by atoms with Crippen molar-refractivity contribution in [2.24, 2.45) is 0 Å². The fourth-order valence-corrected chi connectivity index (χ4v) is 2.13. The van der Waals surface area contributed by atoms with Gasteiger partial charge in [0.2, 0.25) is 0 Å². The molecule has 0 aliphatic heterocycles. The molecule has 0 spiro atoms. The van der Waals surface area contributed by atoms with E-state index in [1.807, 2.05) is 25.1 Å².